The summed E-state index contributed by atoms with van der Waals surface area (Å²) in [6, 6.07) is 11.2. The van der Waals surface area contributed by atoms with E-state index in [9.17, 15) is 4.79 Å². The zero-order chi connectivity index (χ0) is 18.7. The van der Waals surface area contributed by atoms with E-state index in [2.05, 4.69) is 37.5 Å². The van der Waals surface area contributed by atoms with Gasteiger partial charge in [0, 0.05) is 32.1 Å². The second-order valence-corrected chi connectivity index (χ2v) is 8.57. The number of hydrogen-bond donors (Lipinski definition) is 0. The van der Waals surface area contributed by atoms with Crippen molar-refractivity contribution >= 4 is 5.91 Å². The molecular formula is C22H34N2O2. The standard InChI is InChI=1S/C22H34N2O2/c1-16(2)14-21(25)23-12-10-18(11-13-23)22-20(15-24(22)17(3)4)26-19-8-6-5-7-9-19/h5-9,16-18,20,22H,10-15H2,1-4H3. The summed E-state index contributed by atoms with van der Waals surface area (Å²) < 4.78 is 6.30. The van der Waals surface area contributed by atoms with E-state index >= 15 is 0 Å². The number of carbonyl (C=O) groups is 1. The van der Waals surface area contributed by atoms with Crippen LogP contribution in [0.2, 0.25) is 0 Å². The molecule has 0 spiro atoms. The molecule has 0 aliphatic carbocycles. The van der Waals surface area contributed by atoms with E-state index in [1.807, 2.05) is 30.3 Å². The van der Waals surface area contributed by atoms with Gasteiger partial charge in [0.05, 0.1) is 6.04 Å². The van der Waals surface area contributed by atoms with Crippen LogP contribution in [0.4, 0.5) is 0 Å². The maximum atomic E-state index is 12.3. The first-order chi connectivity index (χ1) is 12.5. The molecule has 1 aromatic rings. The Labute approximate surface area is 158 Å². The molecule has 3 rings (SSSR count). The molecule has 2 heterocycles. The molecule has 1 amide bonds. The van der Waals surface area contributed by atoms with Gasteiger partial charge in [-0.2, -0.15) is 0 Å². The number of likely N-dealkylation sites (tertiary alicyclic amines) is 2. The fourth-order valence-corrected chi connectivity index (χ4v) is 4.39. The van der Waals surface area contributed by atoms with Crippen molar-refractivity contribution in [3.8, 4) is 5.75 Å². The molecule has 0 radical (unpaired) electrons. The highest BCUT2D eigenvalue weighted by Gasteiger charge is 2.47. The van der Waals surface area contributed by atoms with Crippen molar-refractivity contribution in [2.24, 2.45) is 11.8 Å². The summed E-state index contributed by atoms with van der Waals surface area (Å²) in [6.07, 6.45) is 3.12. The number of piperidine rings is 1. The minimum atomic E-state index is 0.266. The van der Waals surface area contributed by atoms with E-state index in [1.165, 1.54) is 0 Å². The van der Waals surface area contributed by atoms with Crippen molar-refractivity contribution in [3.63, 3.8) is 0 Å². The van der Waals surface area contributed by atoms with Crippen LogP contribution in [0.5, 0.6) is 5.75 Å². The minimum Gasteiger partial charge on any atom is -0.487 e. The van der Waals surface area contributed by atoms with Crippen molar-refractivity contribution in [2.45, 2.75) is 65.1 Å². The molecule has 2 fully saturated rings. The zero-order valence-electron chi connectivity index (χ0n) is 16.7. The van der Waals surface area contributed by atoms with Crippen LogP contribution < -0.4 is 4.74 Å². The van der Waals surface area contributed by atoms with E-state index in [0.717, 1.165) is 38.2 Å². The number of benzene rings is 1. The molecule has 0 aromatic heterocycles. The number of para-hydroxylation sites is 1. The van der Waals surface area contributed by atoms with Crippen LogP contribution >= 0.6 is 0 Å². The second kappa shape index (κ2) is 8.43. The average Bonchev–Trinajstić information content (AvgIpc) is 2.59. The summed E-state index contributed by atoms with van der Waals surface area (Å²) >= 11 is 0. The van der Waals surface area contributed by atoms with Crippen LogP contribution in [-0.4, -0.2) is 53.5 Å². The van der Waals surface area contributed by atoms with Crippen molar-refractivity contribution < 1.29 is 9.53 Å². The smallest absolute Gasteiger partial charge is 0.222 e. The van der Waals surface area contributed by atoms with E-state index in [1.54, 1.807) is 0 Å². The summed E-state index contributed by atoms with van der Waals surface area (Å²) in [7, 11) is 0. The first-order valence-corrected chi connectivity index (χ1v) is 10.2. The number of carbonyl (C=O) groups excluding carboxylic acids is 1. The van der Waals surface area contributed by atoms with Crippen LogP contribution in [0.15, 0.2) is 30.3 Å². The minimum absolute atomic E-state index is 0.266. The average molecular weight is 359 g/mol. The van der Waals surface area contributed by atoms with Gasteiger partial charge in [0.2, 0.25) is 5.91 Å². The lowest BCUT2D eigenvalue weighted by molar-refractivity contribution is -0.136. The first-order valence-electron chi connectivity index (χ1n) is 10.2. The van der Waals surface area contributed by atoms with E-state index in [-0.39, 0.29) is 6.10 Å². The Balaban J connectivity index is 1.59. The summed E-state index contributed by atoms with van der Waals surface area (Å²) in [5, 5.41) is 0. The van der Waals surface area contributed by atoms with Gasteiger partial charge in [-0.1, -0.05) is 32.0 Å². The van der Waals surface area contributed by atoms with Crippen LogP contribution in [0, 0.1) is 11.8 Å². The van der Waals surface area contributed by atoms with Gasteiger partial charge >= 0.3 is 0 Å². The molecule has 2 unspecified atom stereocenters. The van der Waals surface area contributed by atoms with Crippen molar-refractivity contribution in [3.05, 3.63) is 30.3 Å². The zero-order valence-corrected chi connectivity index (χ0v) is 16.7. The highest BCUT2D eigenvalue weighted by molar-refractivity contribution is 5.76. The molecule has 2 atom stereocenters. The molecule has 144 valence electrons. The molecule has 2 saturated heterocycles. The maximum absolute atomic E-state index is 12.3. The molecule has 26 heavy (non-hydrogen) atoms. The van der Waals surface area contributed by atoms with Gasteiger partial charge in [-0.3, -0.25) is 9.69 Å². The number of rotatable bonds is 6. The Morgan fingerprint density at radius 2 is 1.77 bits per heavy atom. The number of ether oxygens (including phenoxy) is 1. The molecule has 2 aliphatic rings. The van der Waals surface area contributed by atoms with E-state index in [4.69, 9.17) is 4.74 Å². The fraction of sp³-hybridized carbons (Fsp3) is 0.682. The van der Waals surface area contributed by atoms with Gasteiger partial charge in [-0.25, -0.2) is 0 Å². The summed E-state index contributed by atoms with van der Waals surface area (Å²) in [6.45, 7) is 11.6. The summed E-state index contributed by atoms with van der Waals surface area (Å²) in [4.78, 5) is 17.0. The van der Waals surface area contributed by atoms with Crippen LogP contribution in [0.25, 0.3) is 0 Å². The Bertz CT molecular complexity index is 579. The fourth-order valence-electron chi connectivity index (χ4n) is 4.39. The molecule has 2 aliphatic heterocycles. The third kappa shape index (κ3) is 4.40. The molecule has 4 heteroatoms. The number of nitrogens with zero attached hydrogens (tertiary/aromatic N) is 2. The van der Waals surface area contributed by atoms with Crippen molar-refractivity contribution in [2.75, 3.05) is 19.6 Å². The van der Waals surface area contributed by atoms with Gasteiger partial charge in [-0.15, -0.1) is 0 Å². The lowest BCUT2D eigenvalue weighted by atomic mass is 9.79. The van der Waals surface area contributed by atoms with Gasteiger partial charge in [0.15, 0.2) is 0 Å². The normalized spacial score (nSPS) is 24.8. The van der Waals surface area contributed by atoms with Crippen LogP contribution in [-0.2, 0) is 4.79 Å². The lowest BCUT2D eigenvalue weighted by Crippen LogP contribution is -2.68. The van der Waals surface area contributed by atoms with E-state index in [0.29, 0.717) is 36.2 Å². The van der Waals surface area contributed by atoms with E-state index < -0.39 is 0 Å². The molecule has 0 N–H and O–H groups in total. The first kappa shape index (κ1) is 19.2. The topological polar surface area (TPSA) is 32.8 Å². The highest BCUT2D eigenvalue weighted by Crippen LogP contribution is 2.36. The second-order valence-electron chi connectivity index (χ2n) is 8.57. The van der Waals surface area contributed by atoms with Gasteiger partial charge < -0.3 is 9.64 Å². The Morgan fingerprint density at radius 3 is 2.35 bits per heavy atom. The Kier molecular flexibility index (Phi) is 6.23. The highest BCUT2D eigenvalue weighted by atomic mass is 16.5. The van der Waals surface area contributed by atoms with Gasteiger partial charge in [0.1, 0.15) is 11.9 Å². The summed E-state index contributed by atoms with van der Waals surface area (Å²) in [5.74, 6) is 2.34. The SMILES string of the molecule is CC(C)CC(=O)N1CCC(C2C(Oc3ccccc3)CN2C(C)C)CC1. The quantitative estimate of drug-likeness (QED) is 0.775. The monoisotopic (exact) mass is 358 g/mol. The van der Waals surface area contributed by atoms with Crippen molar-refractivity contribution in [1.82, 2.24) is 9.80 Å². The number of amides is 1. The van der Waals surface area contributed by atoms with Gasteiger partial charge in [-0.05, 0) is 50.7 Å². The predicted molar refractivity (Wildman–Crippen MR) is 105 cm³/mol. The third-order valence-corrected chi connectivity index (χ3v) is 5.81. The predicted octanol–water partition coefficient (Wildman–Crippen LogP) is 3.81. The van der Waals surface area contributed by atoms with Crippen LogP contribution in [0.3, 0.4) is 0 Å². The van der Waals surface area contributed by atoms with Gasteiger partial charge in [0.25, 0.3) is 0 Å². The molecule has 1 aromatic carbocycles. The lowest BCUT2D eigenvalue weighted by Gasteiger charge is -2.54. The molecule has 4 nitrogen and oxygen atoms in total. The molecular weight excluding hydrogens is 324 g/mol. The molecule has 0 saturated carbocycles. The van der Waals surface area contributed by atoms with Crippen molar-refractivity contribution in [1.29, 1.82) is 0 Å². The largest absolute Gasteiger partial charge is 0.487 e. The van der Waals surface area contributed by atoms with Crippen LogP contribution in [0.1, 0.15) is 47.0 Å². The summed E-state index contributed by atoms with van der Waals surface area (Å²) in [5.41, 5.74) is 0. The number of hydrogen-bond acceptors (Lipinski definition) is 3. The Morgan fingerprint density at radius 1 is 1.12 bits per heavy atom. The third-order valence-electron chi connectivity index (χ3n) is 5.81. The molecule has 0 bridgehead atoms. The maximum Gasteiger partial charge on any atom is 0.222 e. The Hall–Kier alpha value is -1.55.